The van der Waals surface area contributed by atoms with Gasteiger partial charge >= 0.3 is 5.69 Å². The van der Waals surface area contributed by atoms with E-state index in [0.717, 1.165) is 34.1 Å². The molecule has 9 heteroatoms. The van der Waals surface area contributed by atoms with Crippen LogP contribution in [0.15, 0.2) is 45.6 Å². The molecule has 0 radical (unpaired) electrons. The number of aromatic nitrogens is 4. The first-order valence-corrected chi connectivity index (χ1v) is 11.7. The smallest absolute Gasteiger partial charge is 0.352 e. The summed E-state index contributed by atoms with van der Waals surface area (Å²) in [5, 5.41) is 0. The normalized spacial score (nSPS) is 13.6. The van der Waals surface area contributed by atoms with Crippen LogP contribution in [0.3, 0.4) is 0 Å². The summed E-state index contributed by atoms with van der Waals surface area (Å²) in [5.41, 5.74) is 8.84. The molecule has 0 aliphatic carbocycles. The fourth-order valence-electron chi connectivity index (χ4n) is 4.29. The number of aryl methyl sites for hydroxylation is 3. The predicted molar refractivity (Wildman–Crippen MR) is 132 cm³/mol. The molecular weight excluding hydrogens is 432 g/mol. The number of nitrogens with zero attached hydrogens (tertiary/aromatic N) is 5. The average Bonchev–Trinajstić information content (AvgIpc) is 2.81. The molecule has 0 atom stereocenters. The van der Waals surface area contributed by atoms with E-state index < -0.39 is 17.2 Å². The Kier molecular flexibility index (Phi) is 6.63. The highest BCUT2D eigenvalue weighted by molar-refractivity contribution is 5.91. The van der Waals surface area contributed by atoms with Gasteiger partial charge in [0.15, 0.2) is 11.5 Å². The van der Waals surface area contributed by atoms with Gasteiger partial charge in [-0.3, -0.25) is 14.2 Å². The minimum Gasteiger partial charge on any atom is -0.364 e. The fraction of sp³-hybridized carbons (Fsp3) is 0.400. The summed E-state index contributed by atoms with van der Waals surface area (Å²) in [6.07, 6.45) is 7.72. The van der Waals surface area contributed by atoms with E-state index in [1.54, 1.807) is 12.2 Å². The van der Waals surface area contributed by atoms with Gasteiger partial charge in [0.05, 0.1) is 11.0 Å². The summed E-state index contributed by atoms with van der Waals surface area (Å²) in [6.45, 7) is 7.99. The Morgan fingerprint density at radius 2 is 1.76 bits per heavy atom. The van der Waals surface area contributed by atoms with Crippen molar-refractivity contribution >= 4 is 16.9 Å². The Morgan fingerprint density at radius 3 is 2.50 bits per heavy atom. The summed E-state index contributed by atoms with van der Waals surface area (Å²) in [5.74, 6) is -0.174. The minimum atomic E-state index is -0.586. The number of hydrogen-bond acceptors (Lipinski definition) is 6. The third kappa shape index (κ3) is 4.37. The third-order valence-corrected chi connectivity index (χ3v) is 6.32. The van der Waals surface area contributed by atoms with Crippen molar-refractivity contribution in [2.24, 2.45) is 5.73 Å². The van der Waals surface area contributed by atoms with Gasteiger partial charge in [0.2, 0.25) is 0 Å². The molecule has 0 bridgehead atoms. The van der Waals surface area contributed by atoms with E-state index in [2.05, 4.69) is 16.9 Å². The van der Waals surface area contributed by atoms with Gasteiger partial charge in [-0.2, -0.15) is 4.98 Å². The summed E-state index contributed by atoms with van der Waals surface area (Å²) in [6, 6.07) is 4.02. The summed E-state index contributed by atoms with van der Waals surface area (Å²) in [4.78, 5) is 48.7. The molecule has 0 spiro atoms. The molecule has 0 fully saturated rings. The molecule has 3 heterocycles. The standard InChI is InChI=1S/C25H30N6O3/c1-4-5-12-30-20-15-17(3)16(2)14-18(20)27-21-23(30)28-25(34)31(24(21)33)13-8-11-29-10-7-6-9-19(29)22(26)32/h6-7,9,14-15H,4-5,8,10-13H2,1-3H3,(H2,26,32). The quantitative estimate of drug-likeness (QED) is 0.513. The number of rotatable bonds is 8. The molecule has 3 aliphatic rings. The average molecular weight is 463 g/mol. The first-order chi connectivity index (χ1) is 16.3. The van der Waals surface area contributed by atoms with Crippen LogP contribution in [0.4, 0.5) is 0 Å². The second-order valence-electron chi connectivity index (χ2n) is 8.71. The van der Waals surface area contributed by atoms with Gasteiger partial charge in [0, 0.05) is 26.2 Å². The van der Waals surface area contributed by atoms with Gasteiger partial charge in [0.1, 0.15) is 5.70 Å². The van der Waals surface area contributed by atoms with Crippen LogP contribution in [0.25, 0.3) is 22.6 Å². The van der Waals surface area contributed by atoms with E-state index in [9.17, 15) is 14.4 Å². The molecule has 0 aromatic heterocycles. The molecule has 178 valence electrons. The van der Waals surface area contributed by atoms with Crippen molar-refractivity contribution in [2.75, 3.05) is 13.1 Å². The number of allylic oxidation sites excluding steroid dienone is 2. The highest BCUT2D eigenvalue weighted by Crippen LogP contribution is 2.24. The van der Waals surface area contributed by atoms with Gasteiger partial charge in [-0.1, -0.05) is 25.5 Å². The monoisotopic (exact) mass is 462 g/mol. The number of nitrogens with two attached hydrogens (primary N) is 1. The highest BCUT2D eigenvalue weighted by Gasteiger charge is 2.22. The lowest BCUT2D eigenvalue weighted by molar-refractivity contribution is -0.116. The number of fused-ring (bicyclic) bond motifs is 2. The molecule has 1 aromatic rings. The SMILES string of the molecule is CCCCn1c2nc(=O)n(CCCN3CC=CC=C3C(N)=O)c(=O)c-2nc2cc(C)c(C)cc21. The van der Waals surface area contributed by atoms with Crippen LogP contribution in [-0.4, -0.2) is 43.0 Å². The molecule has 3 aliphatic heterocycles. The Hall–Kier alpha value is -3.75. The van der Waals surface area contributed by atoms with E-state index in [0.29, 0.717) is 43.1 Å². The van der Waals surface area contributed by atoms with Gasteiger partial charge in [0.25, 0.3) is 11.5 Å². The molecule has 1 aromatic carbocycles. The summed E-state index contributed by atoms with van der Waals surface area (Å²) >= 11 is 0. The lowest BCUT2D eigenvalue weighted by Crippen LogP contribution is -2.40. The molecule has 0 saturated heterocycles. The van der Waals surface area contributed by atoms with Crippen LogP contribution in [0, 0.1) is 13.8 Å². The zero-order valence-electron chi connectivity index (χ0n) is 19.9. The van der Waals surface area contributed by atoms with E-state index in [-0.39, 0.29) is 12.2 Å². The van der Waals surface area contributed by atoms with E-state index in [4.69, 9.17) is 5.73 Å². The van der Waals surface area contributed by atoms with Gasteiger partial charge in [-0.05, 0) is 56.0 Å². The van der Waals surface area contributed by atoms with Crippen molar-refractivity contribution in [3.8, 4) is 11.5 Å². The van der Waals surface area contributed by atoms with Crippen LogP contribution >= 0.6 is 0 Å². The number of carbonyl (C=O) groups excluding carboxylic acids is 1. The van der Waals surface area contributed by atoms with Crippen LogP contribution in [0.1, 0.15) is 37.3 Å². The molecule has 2 N–H and O–H groups in total. The minimum absolute atomic E-state index is 0.175. The summed E-state index contributed by atoms with van der Waals surface area (Å²) in [7, 11) is 0. The second-order valence-corrected chi connectivity index (χ2v) is 8.71. The molecule has 9 nitrogen and oxygen atoms in total. The third-order valence-electron chi connectivity index (χ3n) is 6.32. The Balaban J connectivity index is 1.72. The maximum atomic E-state index is 13.4. The van der Waals surface area contributed by atoms with Crippen molar-refractivity contribution in [1.82, 2.24) is 24.0 Å². The Bertz CT molecular complexity index is 1400. The Labute approximate surface area is 197 Å². The molecule has 34 heavy (non-hydrogen) atoms. The Morgan fingerprint density at radius 1 is 1.03 bits per heavy atom. The molecule has 1 amide bonds. The van der Waals surface area contributed by atoms with E-state index >= 15 is 0 Å². The van der Waals surface area contributed by atoms with Crippen molar-refractivity contribution in [2.45, 2.75) is 53.1 Å². The zero-order chi connectivity index (χ0) is 24.4. The van der Waals surface area contributed by atoms with Crippen molar-refractivity contribution < 1.29 is 4.79 Å². The topological polar surface area (TPSA) is 116 Å². The summed E-state index contributed by atoms with van der Waals surface area (Å²) < 4.78 is 3.09. The molecule has 0 unspecified atom stereocenters. The van der Waals surface area contributed by atoms with Crippen molar-refractivity contribution in [1.29, 1.82) is 0 Å². The van der Waals surface area contributed by atoms with E-state index in [1.165, 1.54) is 0 Å². The first kappa shape index (κ1) is 23.4. The fourth-order valence-corrected chi connectivity index (χ4v) is 4.29. The number of amides is 1. The number of benzene rings is 1. The maximum absolute atomic E-state index is 13.4. The van der Waals surface area contributed by atoms with Crippen LogP contribution in [0.5, 0.6) is 0 Å². The largest absolute Gasteiger partial charge is 0.364 e. The van der Waals surface area contributed by atoms with E-state index in [1.807, 2.05) is 41.5 Å². The van der Waals surface area contributed by atoms with Gasteiger partial charge < -0.3 is 15.2 Å². The van der Waals surface area contributed by atoms with Gasteiger partial charge in [-0.25, -0.2) is 9.78 Å². The van der Waals surface area contributed by atoms with Crippen molar-refractivity contribution in [3.05, 3.63) is 68.0 Å². The van der Waals surface area contributed by atoms with Crippen LogP contribution in [-0.2, 0) is 17.9 Å². The number of unbranched alkanes of at least 4 members (excludes halogenated alkanes) is 1. The van der Waals surface area contributed by atoms with Crippen LogP contribution < -0.4 is 17.0 Å². The number of hydrogen-bond donors (Lipinski definition) is 1. The number of carbonyl (C=O) groups is 1. The predicted octanol–water partition coefficient (Wildman–Crippen LogP) is 2.11. The molecular formula is C25H30N6O3. The lowest BCUT2D eigenvalue weighted by atomic mass is 10.1. The van der Waals surface area contributed by atoms with Gasteiger partial charge in [-0.15, -0.1) is 0 Å². The molecule has 4 rings (SSSR count). The first-order valence-electron chi connectivity index (χ1n) is 11.7. The second kappa shape index (κ2) is 9.62. The van der Waals surface area contributed by atoms with Crippen molar-refractivity contribution in [3.63, 3.8) is 0 Å². The number of primary amides is 1. The zero-order valence-corrected chi connectivity index (χ0v) is 19.9. The lowest BCUT2D eigenvalue weighted by Gasteiger charge is -2.26. The van der Waals surface area contributed by atoms with Crippen LogP contribution in [0.2, 0.25) is 0 Å². The highest BCUT2D eigenvalue weighted by atomic mass is 16.2. The molecule has 0 saturated carbocycles. The maximum Gasteiger partial charge on any atom is 0.352 e.